The van der Waals surface area contributed by atoms with Crippen LogP contribution < -0.4 is 9.64 Å². The number of ether oxygens (including phenoxy) is 2. The van der Waals surface area contributed by atoms with Crippen LogP contribution in [0.5, 0.6) is 5.75 Å². The molecule has 1 heterocycles. The van der Waals surface area contributed by atoms with E-state index in [0.29, 0.717) is 35.6 Å². The number of rotatable bonds is 8. The molecule has 1 unspecified atom stereocenters. The summed E-state index contributed by atoms with van der Waals surface area (Å²) in [4.78, 5) is 40.8. The van der Waals surface area contributed by atoms with Gasteiger partial charge in [0, 0.05) is 11.3 Å². The molecule has 1 N–H and O–H groups in total. The molecule has 0 radical (unpaired) electrons. The number of carbonyl (C=O) groups is 3. The van der Waals surface area contributed by atoms with Crippen LogP contribution in [0.15, 0.2) is 72.3 Å². The van der Waals surface area contributed by atoms with Crippen LogP contribution in [-0.4, -0.2) is 36.0 Å². The second kappa shape index (κ2) is 11.3. The summed E-state index contributed by atoms with van der Waals surface area (Å²) in [5.74, 6) is -1.71. The summed E-state index contributed by atoms with van der Waals surface area (Å²) in [5.41, 5.74) is 3.38. The SMILES string of the molecule is CCCOC(=O)c1cccc(N2C(=O)C(=O)/C(=C(/O)c3ccc(OCC)c(C)c3)C2c2cccc(C)c2)c1. The molecule has 0 aliphatic carbocycles. The third kappa shape index (κ3) is 5.18. The van der Waals surface area contributed by atoms with E-state index in [1.807, 2.05) is 52.0 Å². The number of esters is 1. The van der Waals surface area contributed by atoms with Gasteiger partial charge in [-0.2, -0.15) is 0 Å². The molecule has 0 aromatic heterocycles. The van der Waals surface area contributed by atoms with Crippen LogP contribution in [0.2, 0.25) is 0 Å². The van der Waals surface area contributed by atoms with Gasteiger partial charge in [-0.3, -0.25) is 14.5 Å². The summed E-state index contributed by atoms with van der Waals surface area (Å²) in [6.45, 7) is 8.32. The lowest BCUT2D eigenvalue weighted by Gasteiger charge is -2.26. The number of Topliss-reactive ketones (excluding diaryl/α,β-unsaturated/α-hetero) is 1. The Morgan fingerprint density at radius 1 is 0.947 bits per heavy atom. The molecule has 1 amide bonds. The third-order valence-corrected chi connectivity index (χ3v) is 6.35. The van der Waals surface area contributed by atoms with E-state index in [0.717, 1.165) is 11.1 Å². The van der Waals surface area contributed by atoms with Gasteiger partial charge in [0.1, 0.15) is 11.5 Å². The van der Waals surface area contributed by atoms with E-state index < -0.39 is 23.7 Å². The molecule has 7 heteroatoms. The second-order valence-corrected chi connectivity index (χ2v) is 9.18. The Kier molecular flexibility index (Phi) is 7.96. The average molecular weight is 514 g/mol. The van der Waals surface area contributed by atoms with E-state index in [1.54, 1.807) is 36.4 Å². The molecule has 1 saturated heterocycles. The molecule has 7 nitrogen and oxygen atoms in total. The Morgan fingerprint density at radius 2 is 1.71 bits per heavy atom. The number of hydrogen-bond donors (Lipinski definition) is 1. The molecular formula is C31H31NO6. The lowest BCUT2D eigenvalue weighted by Crippen LogP contribution is -2.29. The molecule has 1 aliphatic heterocycles. The fourth-order valence-electron chi connectivity index (χ4n) is 4.58. The van der Waals surface area contributed by atoms with E-state index in [2.05, 4.69) is 0 Å². The first-order chi connectivity index (χ1) is 18.3. The Balaban J connectivity index is 1.87. The quantitative estimate of drug-likeness (QED) is 0.175. The van der Waals surface area contributed by atoms with Crippen molar-refractivity contribution in [3.05, 3.63) is 100 Å². The molecular weight excluding hydrogens is 482 g/mol. The highest BCUT2D eigenvalue weighted by Gasteiger charge is 2.47. The minimum Gasteiger partial charge on any atom is -0.507 e. The number of hydrogen-bond acceptors (Lipinski definition) is 6. The van der Waals surface area contributed by atoms with Gasteiger partial charge in [-0.25, -0.2) is 4.79 Å². The average Bonchev–Trinajstić information content (AvgIpc) is 3.18. The molecule has 1 fully saturated rings. The second-order valence-electron chi connectivity index (χ2n) is 9.18. The molecule has 1 atom stereocenters. The minimum absolute atomic E-state index is 0.0249. The van der Waals surface area contributed by atoms with Crippen LogP contribution in [0.25, 0.3) is 5.76 Å². The highest BCUT2D eigenvalue weighted by molar-refractivity contribution is 6.51. The fraction of sp³-hybridized carbons (Fsp3) is 0.258. The number of aliphatic hydroxyl groups excluding tert-OH is 1. The standard InChI is InChI=1S/C31H31NO6/c1-5-15-38-31(36)23-11-8-12-24(18-23)32-27(21-10-7-9-19(3)16-21)26(29(34)30(32)35)28(33)22-13-14-25(37-6-2)20(4)17-22/h7-14,16-18,27,33H,5-6,15H2,1-4H3/b28-26+. The lowest BCUT2D eigenvalue weighted by molar-refractivity contribution is -0.132. The van der Waals surface area contributed by atoms with Crippen molar-refractivity contribution in [2.24, 2.45) is 0 Å². The van der Waals surface area contributed by atoms with Gasteiger partial charge in [0.2, 0.25) is 0 Å². The molecule has 1 aliphatic rings. The Labute approximate surface area is 222 Å². The zero-order valence-electron chi connectivity index (χ0n) is 22.0. The normalized spacial score (nSPS) is 16.5. The van der Waals surface area contributed by atoms with Crippen LogP contribution in [0.1, 0.15) is 58.9 Å². The van der Waals surface area contributed by atoms with Crippen LogP contribution >= 0.6 is 0 Å². The monoisotopic (exact) mass is 513 g/mol. The first kappa shape index (κ1) is 26.7. The summed E-state index contributed by atoms with van der Waals surface area (Å²) >= 11 is 0. The molecule has 3 aromatic carbocycles. The van der Waals surface area contributed by atoms with Crippen LogP contribution in [0.4, 0.5) is 5.69 Å². The molecule has 4 rings (SSSR count). The minimum atomic E-state index is -0.899. The fourth-order valence-corrected chi connectivity index (χ4v) is 4.58. The highest BCUT2D eigenvalue weighted by atomic mass is 16.5. The van der Waals surface area contributed by atoms with Crippen molar-refractivity contribution < 1.29 is 29.0 Å². The Morgan fingerprint density at radius 3 is 2.39 bits per heavy atom. The molecule has 0 spiro atoms. The molecule has 196 valence electrons. The van der Waals surface area contributed by atoms with E-state index in [4.69, 9.17) is 9.47 Å². The number of anilines is 1. The number of nitrogens with zero attached hydrogens (tertiary/aromatic N) is 1. The summed E-state index contributed by atoms with van der Waals surface area (Å²) < 4.78 is 10.9. The maximum absolute atomic E-state index is 13.5. The Hall–Kier alpha value is -4.39. The van der Waals surface area contributed by atoms with Crippen molar-refractivity contribution in [1.29, 1.82) is 0 Å². The number of benzene rings is 3. The van der Waals surface area contributed by atoms with Crippen molar-refractivity contribution in [3.8, 4) is 5.75 Å². The van der Waals surface area contributed by atoms with Gasteiger partial charge in [0.05, 0.1) is 30.4 Å². The maximum atomic E-state index is 13.5. The maximum Gasteiger partial charge on any atom is 0.338 e. The van der Waals surface area contributed by atoms with Gasteiger partial charge in [0.25, 0.3) is 11.7 Å². The highest BCUT2D eigenvalue weighted by Crippen LogP contribution is 2.42. The van der Waals surface area contributed by atoms with Gasteiger partial charge < -0.3 is 14.6 Å². The zero-order chi connectivity index (χ0) is 27.4. The summed E-state index contributed by atoms with van der Waals surface area (Å²) in [6, 6.07) is 18.1. The number of ketones is 1. The number of amides is 1. The summed E-state index contributed by atoms with van der Waals surface area (Å²) in [6.07, 6.45) is 0.679. The smallest absolute Gasteiger partial charge is 0.338 e. The topological polar surface area (TPSA) is 93.1 Å². The Bertz CT molecular complexity index is 1420. The molecule has 0 bridgehead atoms. The van der Waals surface area contributed by atoms with Crippen molar-refractivity contribution in [3.63, 3.8) is 0 Å². The van der Waals surface area contributed by atoms with E-state index >= 15 is 0 Å². The van der Waals surface area contributed by atoms with Gasteiger partial charge in [-0.05, 0) is 74.7 Å². The van der Waals surface area contributed by atoms with Gasteiger partial charge in [-0.15, -0.1) is 0 Å². The van der Waals surface area contributed by atoms with Gasteiger partial charge >= 0.3 is 5.97 Å². The van der Waals surface area contributed by atoms with E-state index in [9.17, 15) is 19.5 Å². The number of aliphatic hydroxyl groups is 1. The third-order valence-electron chi connectivity index (χ3n) is 6.35. The van der Waals surface area contributed by atoms with Crippen molar-refractivity contribution >= 4 is 29.1 Å². The van der Waals surface area contributed by atoms with Gasteiger partial charge in [-0.1, -0.05) is 42.8 Å². The molecule has 0 saturated carbocycles. The zero-order valence-corrected chi connectivity index (χ0v) is 22.0. The van der Waals surface area contributed by atoms with Crippen LogP contribution in [0, 0.1) is 13.8 Å². The van der Waals surface area contributed by atoms with Gasteiger partial charge in [0.15, 0.2) is 0 Å². The summed E-state index contributed by atoms with van der Waals surface area (Å²) in [5, 5.41) is 11.4. The first-order valence-corrected chi connectivity index (χ1v) is 12.6. The number of carbonyl (C=O) groups excluding carboxylic acids is 3. The largest absolute Gasteiger partial charge is 0.507 e. The van der Waals surface area contributed by atoms with Crippen LogP contribution in [-0.2, 0) is 14.3 Å². The van der Waals surface area contributed by atoms with Crippen molar-refractivity contribution in [1.82, 2.24) is 0 Å². The first-order valence-electron chi connectivity index (χ1n) is 12.6. The predicted molar refractivity (Wildman–Crippen MR) is 145 cm³/mol. The molecule has 38 heavy (non-hydrogen) atoms. The van der Waals surface area contributed by atoms with E-state index in [-0.39, 0.29) is 23.5 Å². The molecule has 3 aromatic rings. The lowest BCUT2D eigenvalue weighted by atomic mass is 9.93. The summed E-state index contributed by atoms with van der Waals surface area (Å²) in [7, 11) is 0. The van der Waals surface area contributed by atoms with Crippen LogP contribution in [0.3, 0.4) is 0 Å². The van der Waals surface area contributed by atoms with Crippen molar-refractivity contribution in [2.45, 2.75) is 40.2 Å². The number of aryl methyl sites for hydroxylation is 2. The van der Waals surface area contributed by atoms with Crippen molar-refractivity contribution in [2.75, 3.05) is 18.1 Å². The van der Waals surface area contributed by atoms with E-state index in [1.165, 1.54) is 11.0 Å². The predicted octanol–water partition coefficient (Wildman–Crippen LogP) is 5.90.